The van der Waals surface area contributed by atoms with Gasteiger partial charge in [-0.3, -0.25) is 0 Å². The maximum atomic E-state index is 13.0. The second-order valence-electron chi connectivity index (χ2n) is 5.94. The Labute approximate surface area is 149 Å². The summed E-state index contributed by atoms with van der Waals surface area (Å²) < 4.78 is 18.2. The smallest absolute Gasteiger partial charge is 0.227 e. The van der Waals surface area contributed by atoms with Crippen molar-refractivity contribution in [3.05, 3.63) is 72.4 Å². The first-order valence-corrected chi connectivity index (χ1v) is 8.46. The van der Waals surface area contributed by atoms with E-state index >= 15 is 0 Å². The molecule has 0 fully saturated rings. The number of nitrogens with zero attached hydrogens (tertiary/aromatic N) is 3. The molecular formula is C20H17FN4O. The summed E-state index contributed by atoms with van der Waals surface area (Å²) in [5.41, 5.74) is 1.71. The fourth-order valence-electron chi connectivity index (χ4n) is 2.69. The molecule has 0 aliphatic rings. The molecule has 1 N–H and O–H groups in total. The number of benzene rings is 2. The molecule has 0 aliphatic heterocycles. The number of pyridine rings is 1. The van der Waals surface area contributed by atoms with E-state index in [1.807, 2.05) is 30.3 Å². The van der Waals surface area contributed by atoms with Crippen molar-refractivity contribution in [1.82, 2.24) is 15.1 Å². The van der Waals surface area contributed by atoms with Crippen LogP contribution in [-0.4, -0.2) is 21.7 Å². The van der Waals surface area contributed by atoms with Crippen LogP contribution in [-0.2, 0) is 6.42 Å². The normalized spacial score (nSPS) is 11.0. The van der Waals surface area contributed by atoms with E-state index in [1.165, 1.54) is 12.1 Å². The lowest BCUT2D eigenvalue weighted by atomic mass is 10.2. The maximum absolute atomic E-state index is 13.0. The lowest BCUT2D eigenvalue weighted by molar-refractivity contribution is 0.377. The minimum atomic E-state index is -0.286. The van der Waals surface area contributed by atoms with Crippen LogP contribution in [0.15, 0.2) is 65.2 Å². The number of para-hydroxylation sites is 1. The summed E-state index contributed by atoms with van der Waals surface area (Å²) in [6, 6.07) is 18.1. The minimum absolute atomic E-state index is 0.286. The van der Waals surface area contributed by atoms with Gasteiger partial charge >= 0.3 is 0 Å². The molecule has 4 rings (SSSR count). The zero-order valence-electron chi connectivity index (χ0n) is 14.0. The van der Waals surface area contributed by atoms with Crippen LogP contribution in [0.1, 0.15) is 12.3 Å². The molecule has 2 aromatic heterocycles. The standard InChI is InChI=1S/C20H17FN4O/c21-16-10-7-15(8-11-16)20-24-19(26-25-20)6-3-13-22-18-12-9-14-4-1-2-5-17(14)23-18/h1-2,4-5,7-12H,3,6,13H2,(H,22,23). The molecule has 130 valence electrons. The number of hydrogen-bond donors (Lipinski definition) is 1. The van der Waals surface area contributed by atoms with Gasteiger partial charge in [0, 0.05) is 23.9 Å². The summed E-state index contributed by atoms with van der Waals surface area (Å²) >= 11 is 0. The number of rotatable bonds is 6. The van der Waals surface area contributed by atoms with E-state index in [0.29, 0.717) is 18.1 Å². The van der Waals surface area contributed by atoms with Crippen LogP contribution in [0.2, 0.25) is 0 Å². The number of fused-ring (bicyclic) bond motifs is 1. The summed E-state index contributed by atoms with van der Waals surface area (Å²) in [6.07, 6.45) is 1.49. The number of aromatic nitrogens is 3. The summed E-state index contributed by atoms with van der Waals surface area (Å²) in [6.45, 7) is 0.750. The van der Waals surface area contributed by atoms with Crippen LogP contribution in [0.4, 0.5) is 10.2 Å². The first-order valence-electron chi connectivity index (χ1n) is 8.46. The van der Waals surface area contributed by atoms with E-state index in [0.717, 1.165) is 35.2 Å². The predicted molar refractivity (Wildman–Crippen MR) is 98.2 cm³/mol. The molecule has 2 aromatic carbocycles. The Hall–Kier alpha value is -3.28. The van der Waals surface area contributed by atoms with Crippen molar-refractivity contribution in [1.29, 1.82) is 0 Å². The molecule has 0 unspecified atom stereocenters. The zero-order chi connectivity index (χ0) is 17.8. The molecule has 0 atom stereocenters. The van der Waals surface area contributed by atoms with E-state index in [2.05, 4.69) is 26.5 Å². The van der Waals surface area contributed by atoms with Gasteiger partial charge in [-0.15, -0.1) is 0 Å². The Morgan fingerprint density at radius 1 is 0.923 bits per heavy atom. The van der Waals surface area contributed by atoms with Gasteiger partial charge in [-0.25, -0.2) is 9.37 Å². The van der Waals surface area contributed by atoms with Crippen LogP contribution < -0.4 is 5.32 Å². The van der Waals surface area contributed by atoms with Gasteiger partial charge < -0.3 is 9.84 Å². The Kier molecular flexibility index (Phi) is 4.55. The highest BCUT2D eigenvalue weighted by atomic mass is 19.1. The van der Waals surface area contributed by atoms with Crippen LogP contribution in [0, 0.1) is 5.82 Å². The predicted octanol–water partition coefficient (Wildman–Crippen LogP) is 4.47. The first-order chi connectivity index (χ1) is 12.8. The van der Waals surface area contributed by atoms with Crippen LogP contribution in [0.25, 0.3) is 22.3 Å². The Bertz CT molecular complexity index is 1010. The van der Waals surface area contributed by atoms with E-state index in [9.17, 15) is 4.39 Å². The van der Waals surface area contributed by atoms with Crippen molar-refractivity contribution in [2.45, 2.75) is 12.8 Å². The molecule has 0 aliphatic carbocycles. The van der Waals surface area contributed by atoms with Gasteiger partial charge in [-0.1, -0.05) is 23.4 Å². The topological polar surface area (TPSA) is 63.8 Å². The Morgan fingerprint density at radius 2 is 1.77 bits per heavy atom. The van der Waals surface area contributed by atoms with Crippen molar-refractivity contribution in [3.63, 3.8) is 0 Å². The molecule has 26 heavy (non-hydrogen) atoms. The number of hydrogen-bond acceptors (Lipinski definition) is 5. The third-order valence-corrected chi connectivity index (χ3v) is 4.04. The maximum Gasteiger partial charge on any atom is 0.227 e. The van der Waals surface area contributed by atoms with Gasteiger partial charge in [0.2, 0.25) is 11.7 Å². The van der Waals surface area contributed by atoms with Gasteiger partial charge in [0.15, 0.2) is 0 Å². The van der Waals surface area contributed by atoms with Crippen molar-refractivity contribution in [2.24, 2.45) is 0 Å². The monoisotopic (exact) mass is 348 g/mol. The van der Waals surface area contributed by atoms with Crippen LogP contribution in [0.3, 0.4) is 0 Å². The lowest BCUT2D eigenvalue weighted by Gasteiger charge is -2.05. The van der Waals surface area contributed by atoms with E-state index in [1.54, 1.807) is 12.1 Å². The van der Waals surface area contributed by atoms with Gasteiger partial charge in [-0.05, 0) is 48.9 Å². The summed E-state index contributed by atoms with van der Waals surface area (Å²) in [7, 11) is 0. The number of anilines is 1. The molecule has 0 saturated heterocycles. The third kappa shape index (κ3) is 3.69. The fourth-order valence-corrected chi connectivity index (χ4v) is 2.69. The summed E-state index contributed by atoms with van der Waals surface area (Å²) in [4.78, 5) is 8.93. The highest BCUT2D eigenvalue weighted by Crippen LogP contribution is 2.17. The molecule has 0 bridgehead atoms. The molecular weight excluding hydrogens is 331 g/mol. The lowest BCUT2D eigenvalue weighted by Crippen LogP contribution is -2.04. The highest BCUT2D eigenvalue weighted by molar-refractivity contribution is 5.80. The molecule has 0 spiro atoms. The minimum Gasteiger partial charge on any atom is -0.370 e. The quantitative estimate of drug-likeness (QED) is 0.521. The molecule has 0 saturated carbocycles. The van der Waals surface area contributed by atoms with Gasteiger partial charge in [-0.2, -0.15) is 4.98 Å². The Balaban J connectivity index is 1.31. The largest absolute Gasteiger partial charge is 0.370 e. The van der Waals surface area contributed by atoms with Crippen LogP contribution >= 0.6 is 0 Å². The van der Waals surface area contributed by atoms with Gasteiger partial charge in [0.1, 0.15) is 11.6 Å². The molecule has 6 heteroatoms. The summed E-state index contributed by atoms with van der Waals surface area (Å²) in [5.74, 6) is 1.61. The highest BCUT2D eigenvalue weighted by Gasteiger charge is 2.08. The van der Waals surface area contributed by atoms with E-state index in [-0.39, 0.29) is 5.82 Å². The molecule has 2 heterocycles. The SMILES string of the molecule is Fc1ccc(-c2noc(CCCNc3ccc4ccccc4n3)n2)cc1. The third-order valence-electron chi connectivity index (χ3n) is 4.04. The molecule has 0 radical (unpaired) electrons. The van der Waals surface area contributed by atoms with Crippen molar-refractivity contribution in [3.8, 4) is 11.4 Å². The Morgan fingerprint density at radius 3 is 2.65 bits per heavy atom. The summed E-state index contributed by atoms with van der Waals surface area (Å²) in [5, 5.41) is 8.38. The number of aryl methyl sites for hydroxylation is 1. The second kappa shape index (κ2) is 7.31. The van der Waals surface area contributed by atoms with Crippen LogP contribution in [0.5, 0.6) is 0 Å². The average molecular weight is 348 g/mol. The molecule has 4 aromatic rings. The zero-order valence-corrected chi connectivity index (χ0v) is 14.0. The number of nitrogens with one attached hydrogen (secondary N) is 1. The van der Waals surface area contributed by atoms with E-state index in [4.69, 9.17) is 4.52 Å². The van der Waals surface area contributed by atoms with E-state index < -0.39 is 0 Å². The van der Waals surface area contributed by atoms with Crippen molar-refractivity contribution >= 4 is 16.7 Å². The van der Waals surface area contributed by atoms with Crippen molar-refractivity contribution < 1.29 is 8.91 Å². The van der Waals surface area contributed by atoms with Crippen molar-refractivity contribution in [2.75, 3.05) is 11.9 Å². The molecule has 5 nitrogen and oxygen atoms in total. The first kappa shape index (κ1) is 16.2. The molecule has 0 amide bonds. The fraction of sp³-hybridized carbons (Fsp3) is 0.150. The second-order valence-corrected chi connectivity index (χ2v) is 5.94. The van der Waals surface area contributed by atoms with Gasteiger partial charge in [0.25, 0.3) is 0 Å². The van der Waals surface area contributed by atoms with Gasteiger partial charge in [0.05, 0.1) is 5.52 Å². The number of halogens is 1. The average Bonchev–Trinajstić information content (AvgIpc) is 3.15.